The number of aromatic nitrogens is 2. The Morgan fingerprint density at radius 3 is 2.74 bits per heavy atom. The molecule has 1 aromatic rings. The molecule has 0 aromatic carbocycles. The van der Waals surface area contributed by atoms with Crippen molar-refractivity contribution < 1.29 is 14.6 Å². The molecule has 0 unspecified atom stereocenters. The largest absolute Gasteiger partial charge is 0.475 e. The van der Waals surface area contributed by atoms with E-state index in [2.05, 4.69) is 24.6 Å². The quantitative estimate of drug-likeness (QED) is 0.608. The van der Waals surface area contributed by atoms with Crippen LogP contribution in [0.3, 0.4) is 0 Å². The van der Waals surface area contributed by atoms with Gasteiger partial charge in [0.2, 0.25) is 5.82 Å². The van der Waals surface area contributed by atoms with E-state index in [1.54, 1.807) is 0 Å². The van der Waals surface area contributed by atoms with Gasteiger partial charge >= 0.3 is 5.97 Å². The van der Waals surface area contributed by atoms with Gasteiger partial charge in [0, 0.05) is 27.4 Å². The topological polar surface area (TPSA) is 88.1 Å². The molecule has 0 saturated heterocycles. The summed E-state index contributed by atoms with van der Waals surface area (Å²) in [4.78, 5) is 14.7. The minimum absolute atomic E-state index is 0.111. The van der Waals surface area contributed by atoms with Gasteiger partial charge in [0.1, 0.15) is 6.07 Å². The zero-order valence-corrected chi connectivity index (χ0v) is 12.5. The summed E-state index contributed by atoms with van der Waals surface area (Å²) in [5.41, 5.74) is 0.111. The average molecular weight is 281 g/mol. The Kier molecular flexibility index (Phi) is 5.27. The number of imidazole rings is 1. The third-order valence-corrected chi connectivity index (χ3v) is 4.26. The first-order chi connectivity index (χ1) is 8.83. The van der Waals surface area contributed by atoms with E-state index in [0.717, 1.165) is 6.04 Å². The van der Waals surface area contributed by atoms with Gasteiger partial charge in [-0.2, -0.15) is 5.26 Å². The van der Waals surface area contributed by atoms with E-state index in [4.69, 9.17) is 15.1 Å². The first-order valence-corrected chi connectivity index (χ1v) is 9.82. The lowest BCUT2D eigenvalue weighted by Gasteiger charge is -2.15. The molecule has 0 aliphatic rings. The van der Waals surface area contributed by atoms with E-state index in [1.807, 2.05) is 6.07 Å². The molecule has 0 spiro atoms. The number of hydrogen-bond acceptors (Lipinski definition) is 4. The van der Waals surface area contributed by atoms with Crippen molar-refractivity contribution >= 4 is 14.0 Å². The van der Waals surface area contributed by atoms with Crippen molar-refractivity contribution in [2.75, 3.05) is 13.2 Å². The van der Waals surface area contributed by atoms with Gasteiger partial charge < -0.3 is 14.4 Å². The summed E-state index contributed by atoms with van der Waals surface area (Å²) in [5.74, 6) is -1.26. The SMILES string of the molecule is C[Si](C)(C)CCOCCn1cc(C#N)nc1C(=O)O. The van der Waals surface area contributed by atoms with Crippen molar-refractivity contribution in [2.45, 2.75) is 32.2 Å². The molecule has 0 aliphatic heterocycles. The predicted octanol–water partition coefficient (Wildman–Crippen LogP) is 1.81. The molecule has 19 heavy (non-hydrogen) atoms. The van der Waals surface area contributed by atoms with Gasteiger partial charge in [-0.15, -0.1) is 0 Å². The monoisotopic (exact) mass is 281 g/mol. The van der Waals surface area contributed by atoms with Gasteiger partial charge in [-0.05, 0) is 6.04 Å². The minimum Gasteiger partial charge on any atom is -0.475 e. The summed E-state index contributed by atoms with van der Waals surface area (Å²) in [5, 5.41) is 17.7. The van der Waals surface area contributed by atoms with E-state index in [9.17, 15) is 4.79 Å². The Labute approximate surface area is 113 Å². The van der Waals surface area contributed by atoms with Gasteiger partial charge in [-0.1, -0.05) is 19.6 Å². The summed E-state index contributed by atoms with van der Waals surface area (Å²) in [6, 6.07) is 2.91. The highest BCUT2D eigenvalue weighted by molar-refractivity contribution is 6.76. The van der Waals surface area contributed by atoms with Crippen molar-refractivity contribution in [1.82, 2.24) is 9.55 Å². The fourth-order valence-corrected chi connectivity index (χ4v) is 2.21. The standard InChI is InChI=1S/C12H19N3O3Si/c1-19(2,3)7-6-18-5-4-15-9-10(8-13)14-11(15)12(16)17/h9H,4-7H2,1-3H3,(H,16,17). The molecule has 0 radical (unpaired) electrons. The first kappa shape index (κ1) is 15.4. The Morgan fingerprint density at radius 1 is 1.53 bits per heavy atom. The van der Waals surface area contributed by atoms with Crippen LogP contribution in [-0.2, 0) is 11.3 Å². The van der Waals surface area contributed by atoms with Crippen LogP contribution < -0.4 is 0 Å². The molecule has 0 fully saturated rings. The predicted molar refractivity (Wildman–Crippen MR) is 72.9 cm³/mol. The number of carboxylic acid groups (broad SMARTS) is 1. The number of rotatable bonds is 7. The fourth-order valence-electron chi connectivity index (χ4n) is 1.45. The Bertz CT molecular complexity index is 485. The summed E-state index contributed by atoms with van der Waals surface area (Å²) >= 11 is 0. The highest BCUT2D eigenvalue weighted by Crippen LogP contribution is 2.08. The van der Waals surface area contributed by atoms with Crippen LogP contribution in [0.15, 0.2) is 6.20 Å². The molecule has 1 N–H and O–H groups in total. The van der Waals surface area contributed by atoms with Crippen molar-refractivity contribution in [3.63, 3.8) is 0 Å². The molecule has 0 amide bonds. The highest BCUT2D eigenvalue weighted by Gasteiger charge is 2.15. The second-order valence-corrected chi connectivity index (χ2v) is 11.1. The molecule has 1 heterocycles. The van der Waals surface area contributed by atoms with Gasteiger partial charge in [0.15, 0.2) is 5.69 Å². The molecule has 1 aromatic heterocycles. The van der Waals surface area contributed by atoms with Crippen molar-refractivity contribution in [3.8, 4) is 6.07 Å². The molecule has 0 aliphatic carbocycles. The Hall–Kier alpha value is -1.65. The molecule has 0 saturated carbocycles. The summed E-state index contributed by atoms with van der Waals surface area (Å²) in [6.45, 7) is 8.32. The van der Waals surface area contributed by atoms with E-state index < -0.39 is 14.0 Å². The third kappa shape index (κ3) is 5.24. The molecule has 7 heteroatoms. The number of nitriles is 1. The minimum atomic E-state index is -1.14. The van der Waals surface area contributed by atoms with Gasteiger partial charge in [0.25, 0.3) is 0 Å². The van der Waals surface area contributed by atoms with E-state index in [0.29, 0.717) is 19.8 Å². The molecular formula is C12H19N3O3Si. The third-order valence-electron chi connectivity index (χ3n) is 2.56. The second-order valence-electron chi connectivity index (χ2n) is 5.48. The maximum Gasteiger partial charge on any atom is 0.372 e. The van der Waals surface area contributed by atoms with E-state index >= 15 is 0 Å². The summed E-state index contributed by atoms with van der Waals surface area (Å²) < 4.78 is 6.94. The normalized spacial score (nSPS) is 11.3. The molecule has 0 atom stereocenters. The van der Waals surface area contributed by atoms with Crippen molar-refractivity contribution in [2.24, 2.45) is 0 Å². The van der Waals surface area contributed by atoms with E-state index in [1.165, 1.54) is 10.8 Å². The number of aromatic carboxylic acids is 1. The van der Waals surface area contributed by atoms with Crippen LogP contribution >= 0.6 is 0 Å². The molecular weight excluding hydrogens is 262 g/mol. The van der Waals surface area contributed by atoms with E-state index in [-0.39, 0.29) is 11.5 Å². The number of hydrogen-bond donors (Lipinski definition) is 1. The highest BCUT2D eigenvalue weighted by atomic mass is 28.3. The number of ether oxygens (including phenoxy) is 1. The van der Waals surface area contributed by atoms with Crippen LogP contribution in [0, 0.1) is 11.3 Å². The zero-order valence-electron chi connectivity index (χ0n) is 11.5. The average Bonchev–Trinajstić information content (AvgIpc) is 2.70. The van der Waals surface area contributed by atoms with Crippen LogP contribution in [-0.4, -0.2) is 41.9 Å². The Morgan fingerprint density at radius 2 is 2.21 bits per heavy atom. The number of carbonyl (C=O) groups is 1. The zero-order chi connectivity index (χ0) is 14.5. The summed E-state index contributed by atoms with van der Waals surface area (Å²) in [6.07, 6.45) is 1.44. The smallest absolute Gasteiger partial charge is 0.372 e. The molecule has 0 bridgehead atoms. The van der Waals surface area contributed by atoms with Gasteiger partial charge in [-0.3, -0.25) is 0 Å². The maximum atomic E-state index is 10.9. The molecule has 1 rings (SSSR count). The lowest BCUT2D eigenvalue weighted by molar-refractivity contribution is 0.0673. The molecule has 6 nitrogen and oxygen atoms in total. The van der Waals surface area contributed by atoms with Crippen LogP contribution in [0.25, 0.3) is 0 Å². The van der Waals surface area contributed by atoms with Crippen molar-refractivity contribution in [1.29, 1.82) is 5.26 Å². The molecule has 104 valence electrons. The lowest BCUT2D eigenvalue weighted by atomic mass is 10.5. The number of nitrogens with zero attached hydrogens (tertiary/aromatic N) is 3. The van der Waals surface area contributed by atoms with Crippen LogP contribution in [0.2, 0.25) is 25.7 Å². The maximum absolute atomic E-state index is 10.9. The first-order valence-electron chi connectivity index (χ1n) is 6.12. The van der Waals surface area contributed by atoms with Gasteiger partial charge in [0.05, 0.1) is 6.61 Å². The summed E-state index contributed by atoms with van der Waals surface area (Å²) in [7, 11) is -1.10. The Balaban J connectivity index is 2.47. The second kappa shape index (κ2) is 6.50. The van der Waals surface area contributed by atoms with Crippen LogP contribution in [0.5, 0.6) is 0 Å². The van der Waals surface area contributed by atoms with Crippen molar-refractivity contribution in [3.05, 3.63) is 17.7 Å². The van der Waals surface area contributed by atoms with Crippen LogP contribution in [0.4, 0.5) is 0 Å². The van der Waals surface area contributed by atoms with Crippen LogP contribution in [0.1, 0.15) is 16.3 Å². The van der Waals surface area contributed by atoms with Gasteiger partial charge in [-0.25, -0.2) is 9.78 Å². The fraction of sp³-hybridized carbons (Fsp3) is 0.583. The lowest BCUT2D eigenvalue weighted by Crippen LogP contribution is -2.22. The number of carboxylic acids is 1.